The normalized spacial score (nSPS) is 10.9. The number of hydrogen-bond donors (Lipinski definition) is 1. The van der Waals surface area contributed by atoms with Gasteiger partial charge in [-0.1, -0.05) is 42.9 Å². The molecule has 0 unspecified atom stereocenters. The Kier molecular flexibility index (Phi) is 6.20. The van der Waals surface area contributed by atoms with Crippen LogP contribution in [0.3, 0.4) is 0 Å². The topological polar surface area (TPSA) is 69.0 Å². The number of aliphatic hydroxyl groups excluding tert-OH is 1. The molecule has 1 aromatic rings. The van der Waals surface area contributed by atoms with Gasteiger partial charge in [0.15, 0.2) is 0 Å². The minimum absolute atomic E-state index is 0. The van der Waals surface area contributed by atoms with Crippen molar-refractivity contribution >= 4 is 0 Å². The van der Waals surface area contributed by atoms with Crippen LogP contribution >= 0.6 is 0 Å². The zero-order valence-corrected chi connectivity index (χ0v) is 7.17. The van der Waals surface area contributed by atoms with Gasteiger partial charge in [0.25, 0.3) is 0 Å². The number of nitrogens with zero attached hydrogens (tertiary/aromatic N) is 3. The summed E-state index contributed by atoms with van der Waals surface area (Å²) >= 11 is 0. The highest BCUT2D eigenvalue weighted by atomic mass is 16.3. The maximum atomic E-state index is 8.85. The van der Waals surface area contributed by atoms with E-state index in [2.05, 4.69) is 10.0 Å². The maximum Gasteiger partial charge on any atom is 0.0645 e. The highest BCUT2D eigenvalue weighted by molar-refractivity contribution is 5.15. The average Bonchev–Trinajstić information content (AvgIpc) is 2.19. The van der Waals surface area contributed by atoms with Crippen LogP contribution in [0.1, 0.15) is 13.0 Å². The molecule has 4 heteroatoms. The van der Waals surface area contributed by atoms with Crippen LogP contribution in [-0.2, 0) is 6.42 Å². The van der Waals surface area contributed by atoms with Crippen LogP contribution in [0.15, 0.2) is 35.4 Å². The molecule has 0 aromatic heterocycles. The highest BCUT2D eigenvalue weighted by Gasteiger charge is 2.04. The molecule has 1 N–H and O–H groups in total. The van der Waals surface area contributed by atoms with E-state index in [0.717, 1.165) is 5.56 Å². The van der Waals surface area contributed by atoms with Crippen LogP contribution < -0.4 is 0 Å². The van der Waals surface area contributed by atoms with Crippen molar-refractivity contribution in [1.82, 2.24) is 0 Å². The van der Waals surface area contributed by atoms with Crippen LogP contribution in [0, 0.1) is 0 Å². The number of azide groups is 1. The summed E-state index contributed by atoms with van der Waals surface area (Å²) in [6, 6.07) is 9.28. The van der Waals surface area contributed by atoms with Crippen molar-refractivity contribution in [2.75, 3.05) is 6.61 Å². The fourth-order valence-corrected chi connectivity index (χ4v) is 1.10. The van der Waals surface area contributed by atoms with Crippen molar-refractivity contribution in [2.45, 2.75) is 19.9 Å². The number of hydrogen-bond acceptors (Lipinski definition) is 2. The summed E-state index contributed by atoms with van der Waals surface area (Å²) in [5.41, 5.74) is 9.26. The molecule has 0 aliphatic rings. The summed E-state index contributed by atoms with van der Waals surface area (Å²) in [5.74, 6) is 0. The predicted octanol–water partition coefficient (Wildman–Crippen LogP) is 2.54. The Bertz CT molecular complexity index is 293. The molecule has 0 aliphatic carbocycles. The van der Waals surface area contributed by atoms with Crippen LogP contribution in [0.25, 0.3) is 10.4 Å². The average molecular weight is 193 g/mol. The zero-order chi connectivity index (χ0) is 9.52. The van der Waals surface area contributed by atoms with Crippen LogP contribution in [0.2, 0.25) is 0 Å². The SMILES string of the molecule is C.[N-]=[N+]=N[C@@H](CO)Cc1ccccc1. The second kappa shape index (κ2) is 6.95. The van der Waals surface area contributed by atoms with Crippen molar-refractivity contribution in [3.63, 3.8) is 0 Å². The Hall–Kier alpha value is -1.51. The van der Waals surface area contributed by atoms with Gasteiger partial charge in [-0.3, -0.25) is 0 Å². The largest absolute Gasteiger partial charge is 0.396 e. The van der Waals surface area contributed by atoms with E-state index in [1.165, 1.54) is 0 Å². The standard InChI is InChI=1S/C9H11N3O.CH4/c10-12-11-9(7-13)6-8-4-2-1-3-5-8;/h1-5,9,13H,6-7H2;1H4/t9-;/m1./s1. The first-order valence-corrected chi connectivity index (χ1v) is 4.06. The van der Waals surface area contributed by atoms with Gasteiger partial charge >= 0.3 is 0 Å². The van der Waals surface area contributed by atoms with E-state index >= 15 is 0 Å². The van der Waals surface area contributed by atoms with Crippen LogP contribution in [0.4, 0.5) is 0 Å². The molecular weight excluding hydrogens is 178 g/mol. The Labute approximate surface area is 83.8 Å². The third-order valence-corrected chi connectivity index (χ3v) is 1.74. The Morgan fingerprint density at radius 3 is 2.50 bits per heavy atom. The van der Waals surface area contributed by atoms with Gasteiger partial charge in [-0.25, -0.2) is 0 Å². The van der Waals surface area contributed by atoms with E-state index in [1.54, 1.807) is 0 Å². The number of benzene rings is 1. The van der Waals surface area contributed by atoms with E-state index in [-0.39, 0.29) is 20.1 Å². The second-order valence-electron chi connectivity index (χ2n) is 2.73. The van der Waals surface area contributed by atoms with Gasteiger partial charge in [0.2, 0.25) is 0 Å². The Morgan fingerprint density at radius 1 is 1.36 bits per heavy atom. The minimum atomic E-state index is -0.354. The molecule has 0 heterocycles. The molecule has 0 spiro atoms. The number of aliphatic hydroxyl groups is 1. The first-order chi connectivity index (χ1) is 6.36. The van der Waals surface area contributed by atoms with Crippen LogP contribution in [0.5, 0.6) is 0 Å². The van der Waals surface area contributed by atoms with Gasteiger partial charge in [-0.15, -0.1) is 0 Å². The van der Waals surface area contributed by atoms with Crippen LogP contribution in [-0.4, -0.2) is 17.8 Å². The molecule has 0 amide bonds. The highest BCUT2D eigenvalue weighted by Crippen LogP contribution is 2.05. The fourth-order valence-electron chi connectivity index (χ4n) is 1.10. The molecule has 1 atom stereocenters. The molecule has 1 rings (SSSR count). The van der Waals surface area contributed by atoms with Crippen molar-refractivity contribution in [1.29, 1.82) is 0 Å². The smallest absolute Gasteiger partial charge is 0.0645 e. The molecular formula is C10H15N3O. The van der Waals surface area contributed by atoms with E-state index < -0.39 is 0 Å². The lowest BCUT2D eigenvalue weighted by atomic mass is 10.1. The molecule has 76 valence electrons. The summed E-state index contributed by atoms with van der Waals surface area (Å²) < 4.78 is 0. The van der Waals surface area contributed by atoms with E-state index in [9.17, 15) is 0 Å². The molecule has 0 fully saturated rings. The molecule has 0 saturated heterocycles. The van der Waals surface area contributed by atoms with Gasteiger partial charge in [-0.2, -0.15) is 0 Å². The molecule has 1 aromatic carbocycles. The lowest BCUT2D eigenvalue weighted by Crippen LogP contribution is -2.12. The van der Waals surface area contributed by atoms with Crippen molar-refractivity contribution in [2.24, 2.45) is 5.11 Å². The van der Waals surface area contributed by atoms with Crippen molar-refractivity contribution in [3.8, 4) is 0 Å². The quantitative estimate of drug-likeness (QED) is 0.445. The summed E-state index contributed by atoms with van der Waals surface area (Å²) in [6.07, 6.45) is 0.585. The lowest BCUT2D eigenvalue weighted by Gasteiger charge is -2.06. The van der Waals surface area contributed by atoms with Crippen molar-refractivity contribution < 1.29 is 5.11 Å². The minimum Gasteiger partial charge on any atom is -0.396 e. The first-order valence-electron chi connectivity index (χ1n) is 4.06. The second-order valence-corrected chi connectivity index (χ2v) is 2.73. The van der Waals surface area contributed by atoms with Gasteiger partial charge in [0, 0.05) is 4.91 Å². The van der Waals surface area contributed by atoms with Gasteiger partial charge in [0.1, 0.15) is 0 Å². The molecule has 0 radical (unpaired) electrons. The summed E-state index contributed by atoms with van der Waals surface area (Å²) in [6.45, 7) is -0.112. The predicted molar refractivity (Wildman–Crippen MR) is 56.9 cm³/mol. The summed E-state index contributed by atoms with van der Waals surface area (Å²) in [4.78, 5) is 2.67. The van der Waals surface area contributed by atoms with E-state index in [4.69, 9.17) is 10.6 Å². The van der Waals surface area contributed by atoms with E-state index in [0.29, 0.717) is 6.42 Å². The molecule has 0 saturated carbocycles. The summed E-state index contributed by atoms with van der Waals surface area (Å²) in [7, 11) is 0. The zero-order valence-electron chi connectivity index (χ0n) is 7.17. The fraction of sp³-hybridized carbons (Fsp3) is 0.400. The molecule has 4 nitrogen and oxygen atoms in total. The molecule has 0 bridgehead atoms. The van der Waals surface area contributed by atoms with Crippen molar-refractivity contribution in [3.05, 3.63) is 46.3 Å². The Balaban J connectivity index is 0.00000169. The third kappa shape index (κ3) is 3.94. The monoisotopic (exact) mass is 193 g/mol. The summed E-state index contributed by atoms with van der Waals surface area (Å²) in [5, 5.41) is 12.3. The third-order valence-electron chi connectivity index (χ3n) is 1.74. The maximum absolute atomic E-state index is 8.85. The molecule has 14 heavy (non-hydrogen) atoms. The lowest BCUT2D eigenvalue weighted by molar-refractivity contribution is 0.265. The molecule has 0 aliphatic heterocycles. The van der Waals surface area contributed by atoms with Gasteiger partial charge in [0.05, 0.1) is 12.6 Å². The Morgan fingerprint density at radius 2 is 2.00 bits per heavy atom. The number of rotatable bonds is 4. The van der Waals surface area contributed by atoms with Gasteiger partial charge < -0.3 is 5.11 Å². The van der Waals surface area contributed by atoms with E-state index in [1.807, 2.05) is 30.3 Å². The van der Waals surface area contributed by atoms with Gasteiger partial charge in [-0.05, 0) is 17.5 Å². The first kappa shape index (κ1) is 12.5.